The number of carbonyl (C=O) groups excluding carboxylic acids is 3. The summed E-state index contributed by atoms with van der Waals surface area (Å²) >= 11 is 0. The Bertz CT molecular complexity index is 770. The Labute approximate surface area is 177 Å². The second-order valence-electron chi connectivity index (χ2n) is 7.91. The van der Waals surface area contributed by atoms with Gasteiger partial charge in [-0.1, -0.05) is 0 Å². The Balaban J connectivity index is 1.56. The largest absolute Gasteiger partial charge is 0.494 e. The summed E-state index contributed by atoms with van der Waals surface area (Å²) in [6.45, 7) is 9.04. The van der Waals surface area contributed by atoms with Crippen LogP contribution < -0.4 is 9.64 Å². The number of hydrogen-bond acceptors (Lipinski definition) is 6. The van der Waals surface area contributed by atoms with Gasteiger partial charge in [-0.3, -0.25) is 14.4 Å². The van der Waals surface area contributed by atoms with E-state index in [1.54, 1.807) is 41.0 Å². The van der Waals surface area contributed by atoms with Gasteiger partial charge in [-0.2, -0.15) is 0 Å². The number of hydrogen-bond donors (Lipinski definition) is 0. The number of rotatable bonds is 6. The molecule has 1 aromatic rings. The molecule has 2 aliphatic heterocycles. The van der Waals surface area contributed by atoms with Crippen molar-refractivity contribution in [2.75, 3.05) is 31.1 Å². The zero-order valence-electron chi connectivity index (χ0n) is 18.0. The third-order valence-electron chi connectivity index (χ3n) is 5.29. The van der Waals surface area contributed by atoms with Crippen molar-refractivity contribution >= 4 is 23.5 Å². The quantitative estimate of drug-likeness (QED) is 0.657. The van der Waals surface area contributed by atoms with Gasteiger partial charge in [0.2, 0.25) is 5.91 Å². The van der Waals surface area contributed by atoms with E-state index in [0.717, 1.165) is 5.75 Å². The van der Waals surface area contributed by atoms with E-state index in [-0.39, 0.29) is 37.0 Å². The third-order valence-corrected chi connectivity index (χ3v) is 5.29. The molecule has 0 bridgehead atoms. The Morgan fingerprint density at radius 2 is 1.77 bits per heavy atom. The molecule has 164 valence electrons. The van der Waals surface area contributed by atoms with Gasteiger partial charge in [0.15, 0.2) is 6.10 Å². The number of ether oxygens (including phenoxy) is 3. The predicted octanol–water partition coefficient (Wildman–Crippen LogP) is 2.01. The first-order chi connectivity index (χ1) is 14.3. The van der Waals surface area contributed by atoms with Crippen LogP contribution in [-0.4, -0.2) is 67.2 Å². The predicted molar refractivity (Wildman–Crippen MR) is 110 cm³/mol. The van der Waals surface area contributed by atoms with Crippen molar-refractivity contribution in [1.82, 2.24) is 4.90 Å². The number of esters is 1. The molecule has 0 unspecified atom stereocenters. The van der Waals surface area contributed by atoms with Gasteiger partial charge in [-0.05, 0) is 52.0 Å². The zero-order valence-corrected chi connectivity index (χ0v) is 18.0. The standard InChI is InChI=1S/C22H30N2O6/c1-5-28-19-8-6-18(7-9-19)24-13-17(10-20(24)25)22(27)30-16(4)21(26)23-11-14(2)29-15(3)12-23/h6-9,14-17H,5,10-13H2,1-4H3/t14-,15+,16-,17+/m1/s1. The van der Waals surface area contributed by atoms with Crippen LogP contribution in [0, 0.1) is 5.92 Å². The lowest BCUT2D eigenvalue weighted by atomic mass is 10.1. The van der Waals surface area contributed by atoms with E-state index in [0.29, 0.717) is 25.4 Å². The van der Waals surface area contributed by atoms with Gasteiger partial charge < -0.3 is 24.0 Å². The number of amides is 2. The number of benzene rings is 1. The highest BCUT2D eigenvalue weighted by molar-refractivity contribution is 5.99. The molecule has 0 aliphatic carbocycles. The molecule has 2 aliphatic rings. The lowest BCUT2D eigenvalue weighted by Crippen LogP contribution is -2.51. The third kappa shape index (κ3) is 5.11. The molecule has 1 aromatic carbocycles. The monoisotopic (exact) mass is 418 g/mol. The summed E-state index contributed by atoms with van der Waals surface area (Å²) in [5.41, 5.74) is 0.708. The molecule has 0 saturated carbocycles. The lowest BCUT2D eigenvalue weighted by Gasteiger charge is -2.36. The normalized spacial score (nSPS) is 25.2. The number of morpholine rings is 1. The second-order valence-corrected chi connectivity index (χ2v) is 7.91. The van der Waals surface area contributed by atoms with Crippen molar-refractivity contribution in [3.05, 3.63) is 24.3 Å². The minimum Gasteiger partial charge on any atom is -0.494 e. The summed E-state index contributed by atoms with van der Waals surface area (Å²) in [5, 5.41) is 0. The SMILES string of the molecule is CCOc1ccc(N2C[C@@H](C(=O)O[C@H](C)C(=O)N3C[C@@H](C)O[C@@H](C)C3)CC2=O)cc1. The Morgan fingerprint density at radius 3 is 2.37 bits per heavy atom. The highest BCUT2D eigenvalue weighted by atomic mass is 16.5. The van der Waals surface area contributed by atoms with E-state index in [2.05, 4.69) is 0 Å². The van der Waals surface area contributed by atoms with Gasteiger partial charge in [0.1, 0.15) is 5.75 Å². The summed E-state index contributed by atoms with van der Waals surface area (Å²) in [4.78, 5) is 41.0. The van der Waals surface area contributed by atoms with Crippen molar-refractivity contribution in [3.8, 4) is 5.75 Å². The fourth-order valence-corrected chi connectivity index (χ4v) is 3.94. The minimum absolute atomic E-state index is 0.0595. The van der Waals surface area contributed by atoms with Crippen LogP contribution in [0.5, 0.6) is 5.75 Å². The van der Waals surface area contributed by atoms with Crippen LogP contribution in [0.2, 0.25) is 0 Å². The smallest absolute Gasteiger partial charge is 0.312 e. The molecule has 2 fully saturated rings. The number of nitrogens with zero attached hydrogens (tertiary/aromatic N) is 2. The highest BCUT2D eigenvalue weighted by Gasteiger charge is 2.38. The van der Waals surface area contributed by atoms with Crippen molar-refractivity contribution in [1.29, 1.82) is 0 Å². The van der Waals surface area contributed by atoms with E-state index in [4.69, 9.17) is 14.2 Å². The number of carbonyl (C=O) groups is 3. The molecule has 4 atom stereocenters. The van der Waals surface area contributed by atoms with Crippen LogP contribution in [0.15, 0.2) is 24.3 Å². The van der Waals surface area contributed by atoms with Crippen LogP contribution >= 0.6 is 0 Å². The van der Waals surface area contributed by atoms with Crippen LogP contribution in [0.3, 0.4) is 0 Å². The molecule has 8 nitrogen and oxygen atoms in total. The summed E-state index contributed by atoms with van der Waals surface area (Å²) in [7, 11) is 0. The number of anilines is 1. The topological polar surface area (TPSA) is 85.4 Å². The first-order valence-electron chi connectivity index (χ1n) is 10.5. The molecular weight excluding hydrogens is 388 g/mol. The maximum Gasteiger partial charge on any atom is 0.312 e. The maximum absolute atomic E-state index is 12.7. The van der Waals surface area contributed by atoms with Crippen LogP contribution in [0.25, 0.3) is 0 Å². The molecule has 2 heterocycles. The maximum atomic E-state index is 12.7. The van der Waals surface area contributed by atoms with E-state index in [1.807, 2.05) is 20.8 Å². The molecule has 0 N–H and O–H groups in total. The van der Waals surface area contributed by atoms with E-state index >= 15 is 0 Å². The second kappa shape index (κ2) is 9.47. The van der Waals surface area contributed by atoms with Gasteiger partial charge in [0, 0.05) is 31.7 Å². The van der Waals surface area contributed by atoms with Crippen molar-refractivity contribution in [2.45, 2.75) is 52.4 Å². The summed E-state index contributed by atoms with van der Waals surface area (Å²) in [6.07, 6.45) is -0.949. The molecule has 8 heteroatoms. The van der Waals surface area contributed by atoms with Gasteiger partial charge in [-0.25, -0.2) is 0 Å². The summed E-state index contributed by atoms with van der Waals surface area (Å²) < 4.78 is 16.5. The molecule has 3 rings (SSSR count). The van der Waals surface area contributed by atoms with Crippen LogP contribution in [0.1, 0.15) is 34.1 Å². The first-order valence-corrected chi connectivity index (χ1v) is 10.5. The minimum atomic E-state index is -0.898. The average Bonchev–Trinajstić information content (AvgIpc) is 3.09. The first kappa shape index (κ1) is 22.1. The van der Waals surface area contributed by atoms with Crippen LogP contribution in [-0.2, 0) is 23.9 Å². The van der Waals surface area contributed by atoms with Gasteiger partial charge >= 0.3 is 5.97 Å². The van der Waals surface area contributed by atoms with Crippen molar-refractivity contribution < 1.29 is 28.6 Å². The Hall–Kier alpha value is -2.61. The average molecular weight is 418 g/mol. The molecule has 2 amide bonds. The van der Waals surface area contributed by atoms with Gasteiger partial charge in [0.05, 0.1) is 24.7 Å². The molecule has 0 radical (unpaired) electrons. The lowest BCUT2D eigenvalue weighted by molar-refractivity contribution is -0.166. The summed E-state index contributed by atoms with van der Waals surface area (Å²) in [5.74, 6) is -0.772. The Morgan fingerprint density at radius 1 is 1.13 bits per heavy atom. The van der Waals surface area contributed by atoms with Gasteiger partial charge in [-0.15, -0.1) is 0 Å². The van der Waals surface area contributed by atoms with E-state index in [9.17, 15) is 14.4 Å². The van der Waals surface area contributed by atoms with Crippen LogP contribution in [0.4, 0.5) is 5.69 Å². The molecule has 30 heavy (non-hydrogen) atoms. The molecule has 0 aromatic heterocycles. The Kier molecular flexibility index (Phi) is 6.97. The van der Waals surface area contributed by atoms with E-state index in [1.165, 1.54) is 0 Å². The molecular formula is C22H30N2O6. The molecule has 2 saturated heterocycles. The van der Waals surface area contributed by atoms with Gasteiger partial charge in [0.25, 0.3) is 5.91 Å². The van der Waals surface area contributed by atoms with Crippen molar-refractivity contribution in [2.24, 2.45) is 5.92 Å². The fourth-order valence-electron chi connectivity index (χ4n) is 3.94. The highest BCUT2D eigenvalue weighted by Crippen LogP contribution is 2.28. The zero-order chi connectivity index (χ0) is 21.8. The fraction of sp³-hybridized carbons (Fsp3) is 0.591. The molecule has 0 spiro atoms. The van der Waals surface area contributed by atoms with Crippen molar-refractivity contribution in [3.63, 3.8) is 0 Å². The summed E-state index contributed by atoms with van der Waals surface area (Å²) in [6, 6.07) is 7.18. The van der Waals surface area contributed by atoms with E-state index < -0.39 is 18.0 Å².